The molecule has 2 N–H and O–H groups in total. The van der Waals surface area contributed by atoms with Crippen molar-refractivity contribution in [1.82, 2.24) is 24.7 Å². The average Bonchev–Trinajstić information content (AvgIpc) is 3.16. The number of benzene rings is 1. The second-order valence-corrected chi connectivity index (χ2v) is 7.23. The lowest BCUT2D eigenvalue weighted by molar-refractivity contribution is -0.147. The van der Waals surface area contributed by atoms with Crippen molar-refractivity contribution in [2.75, 3.05) is 5.32 Å². The van der Waals surface area contributed by atoms with Crippen LogP contribution in [0.25, 0.3) is 11.0 Å². The lowest BCUT2D eigenvalue weighted by Crippen LogP contribution is -2.16. The SMILES string of the molecule is CC(C)n1c(C(F)(F)F)nc2cc(C(=O)Nc3n[nH]c(C4CCC4)n3)ccc21. The minimum atomic E-state index is -4.58. The number of amides is 1. The first-order chi connectivity index (χ1) is 13.2. The number of H-pyrrole nitrogens is 1. The van der Waals surface area contributed by atoms with Gasteiger partial charge in [-0.1, -0.05) is 6.42 Å². The molecule has 0 bridgehead atoms. The number of hydrogen-bond acceptors (Lipinski definition) is 4. The molecule has 1 aliphatic carbocycles. The molecule has 3 aromatic rings. The molecule has 1 fully saturated rings. The van der Waals surface area contributed by atoms with Crippen LogP contribution in [0.1, 0.15) is 67.1 Å². The minimum Gasteiger partial charge on any atom is -0.318 e. The van der Waals surface area contributed by atoms with Gasteiger partial charge in [0.1, 0.15) is 5.82 Å². The number of imidazole rings is 1. The first-order valence-electron chi connectivity index (χ1n) is 9.07. The molecule has 28 heavy (non-hydrogen) atoms. The first-order valence-corrected chi connectivity index (χ1v) is 9.07. The highest BCUT2D eigenvalue weighted by molar-refractivity contribution is 6.05. The molecule has 4 rings (SSSR count). The number of carbonyl (C=O) groups is 1. The fourth-order valence-electron chi connectivity index (χ4n) is 3.33. The highest BCUT2D eigenvalue weighted by Crippen LogP contribution is 2.35. The Bertz CT molecular complexity index is 1030. The van der Waals surface area contributed by atoms with Gasteiger partial charge in [0.25, 0.3) is 5.91 Å². The van der Waals surface area contributed by atoms with Gasteiger partial charge >= 0.3 is 6.18 Å². The Kier molecular flexibility index (Phi) is 4.35. The van der Waals surface area contributed by atoms with Gasteiger partial charge in [0.2, 0.25) is 11.8 Å². The van der Waals surface area contributed by atoms with E-state index in [1.54, 1.807) is 13.8 Å². The predicted molar refractivity (Wildman–Crippen MR) is 96.0 cm³/mol. The molecular weight excluding hydrogens is 373 g/mol. The number of nitrogens with zero attached hydrogens (tertiary/aromatic N) is 4. The molecule has 0 unspecified atom stereocenters. The Morgan fingerprint density at radius 2 is 2.04 bits per heavy atom. The Morgan fingerprint density at radius 3 is 2.64 bits per heavy atom. The van der Waals surface area contributed by atoms with Crippen LogP contribution in [-0.2, 0) is 6.18 Å². The van der Waals surface area contributed by atoms with E-state index in [0.29, 0.717) is 11.4 Å². The van der Waals surface area contributed by atoms with E-state index in [4.69, 9.17) is 0 Å². The molecule has 0 aliphatic heterocycles. The first kappa shape index (κ1) is 18.5. The summed E-state index contributed by atoms with van der Waals surface area (Å²) in [5.41, 5.74) is 0.618. The maximum atomic E-state index is 13.3. The summed E-state index contributed by atoms with van der Waals surface area (Å²) in [6.45, 7) is 3.31. The molecule has 10 heteroatoms. The normalized spacial score (nSPS) is 15.2. The van der Waals surface area contributed by atoms with Crippen molar-refractivity contribution >= 4 is 22.9 Å². The average molecular weight is 392 g/mol. The summed E-state index contributed by atoms with van der Waals surface area (Å²) in [6, 6.07) is 3.86. The predicted octanol–water partition coefficient (Wildman–Crippen LogP) is 4.27. The fraction of sp³-hybridized carbons (Fsp3) is 0.444. The van der Waals surface area contributed by atoms with E-state index in [0.717, 1.165) is 29.7 Å². The number of fused-ring (bicyclic) bond motifs is 1. The number of aromatic amines is 1. The molecule has 1 aromatic carbocycles. The highest BCUT2D eigenvalue weighted by Gasteiger charge is 2.38. The zero-order valence-electron chi connectivity index (χ0n) is 15.3. The number of rotatable bonds is 4. The lowest BCUT2D eigenvalue weighted by atomic mass is 9.85. The third-order valence-corrected chi connectivity index (χ3v) is 4.94. The van der Waals surface area contributed by atoms with Crippen LogP contribution < -0.4 is 5.32 Å². The molecule has 148 valence electrons. The number of anilines is 1. The van der Waals surface area contributed by atoms with Crippen LogP contribution in [0.4, 0.5) is 19.1 Å². The van der Waals surface area contributed by atoms with E-state index in [2.05, 4.69) is 25.5 Å². The van der Waals surface area contributed by atoms with Gasteiger partial charge in [0.05, 0.1) is 11.0 Å². The molecule has 2 aromatic heterocycles. The van der Waals surface area contributed by atoms with Gasteiger partial charge in [-0.25, -0.2) is 4.98 Å². The maximum Gasteiger partial charge on any atom is 0.449 e. The van der Waals surface area contributed by atoms with E-state index in [-0.39, 0.29) is 17.0 Å². The molecule has 0 saturated heterocycles. The van der Waals surface area contributed by atoms with Crippen molar-refractivity contribution in [1.29, 1.82) is 0 Å². The zero-order chi connectivity index (χ0) is 20.1. The Morgan fingerprint density at radius 1 is 1.29 bits per heavy atom. The van der Waals surface area contributed by atoms with Gasteiger partial charge in [0.15, 0.2) is 0 Å². The fourth-order valence-corrected chi connectivity index (χ4v) is 3.33. The second kappa shape index (κ2) is 6.61. The van der Waals surface area contributed by atoms with E-state index >= 15 is 0 Å². The van der Waals surface area contributed by atoms with Crippen LogP contribution in [0, 0.1) is 0 Å². The number of aromatic nitrogens is 5. The van der Waals surface area contributed by atoms with Crippen LogP contribution in [0.5, 0.6) is 0 Å². The van der Waals surface area contributed by atoms with Crippen molar-refractivity contribution in [2.24, 2.45) is 0 Å². The summed E-state index contributed by atoms with van der Waals surface area (Å²) < 4.78 is 41.1. The molecule has 7 nitrogen and oxygen atoms in total. The summed E-state index contributed by atoms with van der Waals surface area (Å²) >= 11 is 0. The van der Waals surface area contributed by atoms with Crippen molar-refractivity contribution in [2.45, 2.75) is 51.2 Å². The van der Waals surface area contributed by atoms with Crippen LogP contribution in [0.2, 0.25) is 0 Å². The van der Waals surface area contributed by atoms with E-state index < -0.39 is 23.9 Å². The Labute approximate surface area is 158 Å². The smallest absolute Gasteiger partial charge is 0.318 e. The topological polar surface area (TPSA) is 88.5 Å². The molecule has 2 heterocycles. The molecule has 1 amide bonds. The van der Waals surface area contributed by atoms with Gasteiger partial charge < -0.3 is 4.57 Å². The summed E-state index contributed by atoms with van der Waals surface area (Å²) in [5.74, 6) is -0.253. The van der Waals surface area contributed by atoms with Crippen LogP contribution >= 0.6 is 0 Å². The zero-order valence-corrected chi connectivity index (χ0v) is 15.3. The standard InChI is InChI=1S/C18H19F3N6O/c1-9(2)27-13-7-6-11(8-12(13)22-16(27)18(19,20)21)15(28)24-17-23-14(25-26-17)10-4-3-5-10/h6-10H,3-5H2,1-2H3,(H2,23,24,25,26,28). The van der Waals surface area contributed by atoms with Crippen LogP contribution in [-0.4, -0.2) is 30.6 Å². The number of carbonyl (C=O) groups excluding carboxylic acids is 1. The van der Waals surface area contributed by atoms with Crippen molar-refractivity contribution in [3.05, 3.63) is 35.4 Å². The second-order valence-electron chi connectivity index (χ2n) is 7.23. The molecule has 1 saturated carbocycles. The molecule has 1 aliphatic rings. The minimum absolute atomic E-state index is 0.110. The highest BCUT2D eigenvalue weighted by atomic mass is 19.4. The van der Waals surface area contributed by atoms with Crippen molar-refractivity contribution < 1.29 is 18.0 Å². The summed E-state index contributed by atoms with van der Waals surface area (Å²) in [5, 5.41) is 9.37. The Balaban J connectivity index is 1.62. The molecular formula is C18H19F3N6O. The number of alkyl halides is 3. The van der Waals surface area contributed by atoms with Crippen LogP contribution in [0.15, 0.2) is 18.2 Å². The Hall–Kier alpha value is -2.91. The number of hydrogen-bond donors (Lipinski definition) is 2. The molecule has 0 spiro atoms. The molecule has 0 atom stereocenters. The summed E-state index contributed by atoms with van der Waals surface area (Å²) in [7, 11) is 0. The van der Waals surface area contributed by atoms with E-state index in [1.165, 1.54) is 18.2 Å². The summed E-state index contributed by atoms with van der Waals surface area (Å²) in [4.78, 5) is 20.5. The largest absolute Gasteiger partial charge is 0.449 e. The van der Waals surface area contributed by atoms with Gasteiger partial charge in [-0.2, -0.15) is 18.2 Å². The number of nitrogens with one attached hydrogen (secondary N) is 2. The van der Waals surface area contributed by atoms with Crippen LogP contribution in [0.3, 0.4) is 0 Å². The van der Waals surface area contributed by atoms with E-state index in [1.807, 2.05) is 0 Å². The third-order valence-electron chi connectivity index (χ3n) is 4.94. The number of halogens is 3. The van der Waals surface area contributed by atoms with Gasteiger partial charge in [0, 0.05) is 17.5 Å². The molecule has 0 radical (unpaired) electrons. The van der Waals surface area contributed by atoms with Crippen molar-refractivity contribution in [3.8, 4) is 0 Å². The summed E-state index contributed by atoms with van der Waals surface area (Å²) in [6.07, 6.45) is -1.35. The quantitative estimate of drug-likeness (QED) is 0.694. The van der Waals surface area contributed by atoms with Crippen molar-refractivity contribution in [3.63, 3.8) is 0 Å². The maximum absolute atomic E-state index is 13.3. The lowest BCUT2D eigenvalue weighted by Gasteiger charge is -2.22. The van der Waals surface area contributed by atoms with Gasteiger partial charge in [-0.3, -0.25) is 15.2 Å². The third kappa shape index (κ3) is 3.23. The monoisotopic (exact) mass is 392 g/mol. The van der Waals surface area contributed by atoms with E-state index in [9.17, 15) is 18.0 Å². The van der Waals surface area contributed by atoms with Gasteiger partial charge in [-0.05, 0) is 44.9 Å². The van der Waals surface area contributed by atoms with Gasteiger partial charge in [-0.15, -0.1) is 5.10 Å².